The first-order valence-electron chi connectivity index (χ1n) is 17.7. The van der Waals surface area contributed by atoms with Gasteiger partial charge in [0.1, 0.15) is 0 Å². The normalized spacial score (nSPS) is 15.8. The van der Waals surface area contributed by atoms with Crippen molar-refractivity contribution in [3.63, 3.8) is 0 Å². The summed E-state index contributed by atoms with van der Waals surface area (Å²) in [5.74, 6) is -80.8. The van der Waals surface area contributed by atoms with Gasteiger partial charge in [-0.3, -0.25) is 0 Å². The van der Waals surface area contributed by atoms with Gasteiger partial charge in [0.05, 0.1) is 0 Å². The molecule has 0 aliphatic carbocycles. The van der Waals surface area contributed by atoms with Crippen molar-refractivity contribution in [3.05, 3.63) is 45.7 Å². The summed E-state index contributed by atoms with van der Waals surface area (Å²) in [6.45, 7) is 3.42. The second-order valence-corrected chi connectivity index (χ2v) is 15.3. The zero-order valence-corrected chi connectivity index (χ0v) is 33.8. The van der Waals surface area contributed by atoms with Crippen LogP contribution in [0, 0.1) is 0 Å². The monoisotopic (exact) mass is 1090 g/mol. The standard InChI is InChI=1S/C32H35F24IN6/c1-2-3-4-5-8-11-14-19(60-62-58)17-22(35,36)25(41,42)28(47,48)27(45,46)24(39,40)21(33,34)16-13-10-7-6-9-12-15-20(61-63-59)18-23(37,38)26(43,44)29(49,50)30(51,52)31(53,54)32(55,56)57/h2,13,16,19-20H,1,3-12,14-15,17-18H2/b16-13+. The van der Waals surface area contributed by atoms with E-state index in [-0.39, 0.29) is 18.9 Å². The van der Waals surface area contributed by atoms with Crippen LogP contribution in [0.15, 0.2) is 35.0 Å². The molecule has 0 fully saturated rings. The second kappa shape index (κ2) is 21.6. The van der Waals surface area contributed by atoms with E-state index in [1.165, 1.54) is 6.08 Å². The molecule has 0 aromatic heterocycles. The molecule has 2 unspecified atom stereocenters. The van der Waals surface area contributed by atoms with Gasteiger partial charge in [-0.25, -0.2) is 0 Å². The van der Waals surface area contributed by atoms with E-state index in [0.717, 1.165) is 0 Å². The quantitative estimate of drug-likeness (QED) is 0.00966. The summed E-state index contributed by atoms with van der Waals surface area (Å²) in [5, 5.41) is 5.24. The van der Waals surface area contributed by atoms with E-state index < -0.39 is 168 Å². The Labute approximate surface area is 354 Å². The molecule has 0 rings (SSSR count). The van der Waals surface area contributed by atoms with E-state index in [1.54, 1.807) is 0 Å². The predicted molar refractivity (Wildman–Crippen MR) is 183 cm³/mol. The molecule has 0 radical (unpaired) electrons. The largest absolute Gasteiger partial charge is 0.387 e. The molecule has 0 amide bonds. The summed E-state index contributed by atoms with van der Waals surface area (Å²) in [4.78, 5) is 3.97. The molecule has 0 aromatic rings. The Kier molecular flexibility index (Phi) is 20.7. The van der Waals surface area contributed by atoms with E-state index in [9.17, 15) is 105 Å². The van der Waals surface area contributed by atoms with Gasteiger partial charge in [0.15, 0.2) is 0 Å². The molecule has 63 heavy (non-hydrogen) atoms. The summed E-state index contributed by atoms with van der Waals surface area (Å²) in [7, 11) is 0. The van der Waals surface area contributed by atoms with E-state index in [2.05, 4.69) is 21.7 Å². The van der Waals surface area contributed by atoms with Crippen LogP contribution < -0.4 is 0 Å². The van der Waals surface area contributed by atoms with Crippen LogP contribution >= 0.6 is 22.6 Å². The number of unbranched alkanes of at least 4 members (excludes halogenated alkanes) is 8. The Hall–Kier alpha value is -2.85. The maximum Gasteiger partial charge on any atom is 0.387 e. The van der Waals surface area contributed by atoms with Crippen molar-refractivity contribution in [3.8, 4) is 0 Å². The molecule has 0 bridgehead atoms. The van der Waals surface area contributed by atoms with Crippen LogP contribution in [0.3, 0.4) is 0 Å². The van der Waals surface area contributed by atoms with Crippen LogP contribution in [0.25, 0.3) is 20.9 Å². The van der Waals surface area contributed by atoms with Crippen LogP contribution in [0.4, 0.5) is 105 Å². The Morgan fingerprint density at radius 3 is 1.10 bits per heavy atom. The second-order valence-electron chi connectivity index (χ2n) is 13.9. The van der Waals surface area contributed by atoms with Crippen molar-refractivity contribution in [2.75, 3.05) is 0 Å². The number of rotatable bonds is 31. The summed E-state index contributed by atoms with van der Waals surface area (Å²) in [5.41, 5.74) is 17.0. The van der Waals surface area contributed by atoms with Crippen LogP contribution in [-0.2, 0) is 0 Å². The third-order valence-electron chi connectivity index (χ3n) is 9.15. The summed E-state index contributed by atoms with van der Waals surface area (Å²) in [6.07, 6.45) is -8.47. The van der Waals surface area contributed by atoms with Gasteiger partial charge in [-0.1, -0.05) is 60.9 Å². The van der Waals surface area contributed by atoms with Gasteiger partial charge in [0, 0.05) is 57.3 Å². The van der Waals surface area contributed by atoms with Crippen LogP contribution in [0.5, 0.6) is 0 Å². The summed E-state index contributed by atoms with van der Waals surface area (Å²) >= 11 is -0.839. The van der Waals surface area contributed by atoms with Crippen LogP contribution in [-0.4, -0.2) is 81.2 Å². The molecule has 0 spiro atoms. The highest BCUT2D eigenvalue weighted by atomic mass is 127. The topological polar surface area (TPSA) is 97.5 Å². The Bertz CT molecular complexity index is 1600. The average molecular weight is 1090 g/mol. The third-order valence-corrected chi connectivity index (χ3v) is 9.83. The minimum atomic E-state index is -7.94. The van der Waals surface area contributed by atoms with Gasteiger partial charge in [-0.2, -0.15) is 105 Å². The number of nitrogens with zero attached hydrogens (tertiary/aromatic N) is 6. The van der Waals surface area contributed by atoms with Gasteiger partial charge in [-0.05, 0) is 55.7 Å². The molecule has 0 saturated heterocycles. The number of hydrogen-bond acceptors (Lipinski definition) is 2. The molecular formula is C32H35F24IN6. The average Bonchev–Trinajstić information content (AvgIpc) is 3.12. The van der Waals surface area contributed by atoms with E-state index in [4.69, 9.17) is 11.1 Å². The lowest BCUT2D eigenvalue weighted by molar-refractivity contribution is -0.420. The van der Waals surface area contributed by atoms with Gasteiger partial charge in [0.2, 0.25) is 0 Å². The molecule has 2 atom stereocenters. The van der Waals surface area contributed by atoms with E-state index in [0.29, 0.717) is 19.3 Å². The Morgan fingerprint density at radius 1 is 0.444 bits per heavy atom. The summed E-state index contributed by atoms with van der Waals surface area (Å²) in [6, 6.07) is -4.84. The molecule has 0 aromatic carbocycles. The first kappa shape index (κ1) is 60.2. The fourth-order valence-corrected chi connectivity index (χ4v) is 5.72. The molecule has 0 heterocycles. The van der Waals surface area contributed by atoms with Crippen molar-refractivity contribution < 1.29 is 105 Å². The Morgan fingerprint density at radius 2 is 0.762 bits per heavy atom. The van der Waals surface area contributed by atoms with Gasteiger partial charge in [0.25, 0.3) is 0 Å². The van der Waals surface area contributed by atoms with Crippen molar-refractivity contribution >= 4 is 22.6 Å². The third kappa shape index (κ3) is 12.7. The first-order valence-corrected chi connectivity index (χ1v) is 18.8. The van der Waals surface area contributed by atoms with E-state index in [1.807, 2.05) is 4.91 Å². The highest BCUT2D eigenvalue weighted by molar-refractivity contribution is 14.1. The maximum atomic E-state index is 14.5. The van der Waals surface area contributed by atoms with Gasteiger partial charge >= 0.3 is 69.1 Å². The maximum absolute atomic E-state index is 14.5. The molecule has 0 saturated carbocycles. The highest BCUT2D eigenvalue weighted by Crippen LogP contribution is 2.63. The number of hydrogen-bond donors (Lipinski definition) is 0. The zero-order valence-electron chi connectivity index (χ0n) is 31.6. The fraction of sp³-hybridized carbons (Fsp3) is 0.875. The lowest BCUT2D eigenvalue weighted by Gasteiger charge is -2.41. The number of alkyl halides is 25. The highest BCUT2D eigenvalue weighted by Gasteiger charge is 2.91. The van der Waals surface area contributed by atoms with Crippen LogP contribution in [0.2, 0.25) is 0 Å². The molecule has 6 nitrogen and oxygen atoms in total. The zero-order chi connectivity index (χ0) is 50.0. The molecular weight excluding hydrogens is 1050 g/mol. The first-order chi connectivity index (χ1) is 28.1. The smallest absolute Gasteiger partial charge is 0.200 e. The molecule has 368 valence electrons. The SMILES string of the molecule is C=CCCCCCCC(CC(F)(F)C(F)(F)C(F)(F)C(F)(F)C(F)(F)C(F)(F)/C=C/CCCCCCC(CC(F)(F)C(F)(F)C(F)(F)C(F)(F)C(F)(F)C(F)(F)I)N=[N+]=[N-])N=[N+]=[N-]. The van der Waals surface area contributed by atoms with Crippen molar-refractivity contribution in [2.45, 2.75) is 171 Å². The lowest BCUT2D eigenvalue weighted by atomic mass is 9.88. The predicted octanol–water partition coefficient (Wildman–Crippen LogP) is 16.6. The van der Waals surface area contributed by atoms with E-state index >= 15 is 0 Å². The molecule has 0 N–H and O–H groups in total. The van der Waals surface area contributed by atoms with Crippen LogP contribution in [0.1, 0.15) is 89.9 Å². The lowest BCUT2D eigenvalue weighted by Crippen LogP contribution is -2.70. The summed E-state index contributed by atoms with van der Waals surface area (Å²) < 4.78 is 331. The number of halogens is 25. The van der Waals surface area contributed by atoms with Gasteiger partial charge < -0.3 is 0 Å². The minimum absolute atomic E-state index is 0.115. The number of allylic oxidation sites excluding steroid dienone is 3. The molecule has 31 heteroatoms. The van der Waals surface area contributed by atoms with Crippen molar-refractivity contribution in [1.82, 2.24) is 0 Å². The minimum Gasteiger partial charge on any atom is -0.200 e. The van der Waals surface area contributed by atoms with Crippen molar-refractivity contribution in [1.29, 1.82) is 0 Å². The van der Waals surface area contributed by atoms with Gasteiger partial charge in [-0.15, -0.1) is 6.58 Å². The van der Waals surface area contributed by atoms with Crippen molar-refractivity contribution in [2.24, 2.45) is 10.2 Å². The molecule has 0 aliphatic heterocycles. The fourth-order valence-electron chi connectivity index (χ4n) is 5.38. The number of azide groups is 2. The molecule has 0 aliphatic rings. The Balaban J connectivity index is 5.76.